The Balaban J connectivity index is 1.81. The molecule has 22 heavy (non-hydrogen) atoms. The van der Waals surface area contributed by atoms with E-state index in [4.69, 9.17) is 9.84 Å². The maximum absolute atomic E-state index is 11.9. The third kappa shape index (κ3) is 4.58. The summed E-state index contributed by atoms with van der Waals surface area (Å²) in [7, 11) is 0. The van der Waals surface area contributed by atoms with Gasteiger partial charge in [-0.15, -0.1) is 5.10 Å². The fourth-order valence-corrected chi connectivity index (χ4v) is 1.71. The van der Waals surface area contributed by atoms with E-state index in [1.807, 2.05) is 18.2 Å². The zero-order valence-electron chi connectivity index (χ0n) is 12.0. The quantitative estimate of drug-likeness (QED) is 0.769. The third-order valence-corrected chi connectivity index (χ3v) is 2.75. The molecule has 0 fully saturated rings. The van der Waals surface area contributed by atoms with Crippen LogP contribution in [0.3, 0.4) is 0 Å². The first-order chi connectivity index (χ1) is 10.5. The zero-order valence-corrected chi connectivity index (χ0v) is 12.0. The number of carbonyl (C=O) groups is 2. The van der Waals surface area contributed by atoms with Crippen LogP contribution in [-0.4, -0.2) is 38.1 Å². The van der Waals surface area contributed by atoms with Crippen molar-refractivity contribution in [2.24, 2.45) is 0 Å². The number of nitrogens with zero attached hydrogens (tertiary/aromatic N) is 3. The van der Waals surface area contributed by atoms with Crippen molar-refractivity contribution in [1.29, 1.82) is 0 Å². The number of amides is 1. The van der Waals surface area contributed by atoms with E-state index in [2.05, 4.69) is 15.6 Å². The highest BCUT2D eigenvalue weighted by Gasteiger charge is 2.15. The van der Waals surface area contributed by atoms with Crippen molar-refractivity contribution in [2.75, 3.05) is 0 Å². The molecule has 0 spiro atoms. The molecule has 0 aliphatic rings. The number of aliphatic carboxylic acids is 1. The Morgan fingerprint density at radius 2 is 2.09 bits per heavy atom. The first-order valence-corrected chi connectivity index (χ1v) is 6.65. The first kappa shape index (κ1) is 15.5. The lowest BCUT2D eigenvalue weighted by Gasteiger charge is -2.13. The Bertz CT molecular complexity index is 641. The van der Waals surface area contributed by atoms with Gasteiger partial charge >= 0.3 is 5.97 Å². The topological polar surface area (TPSA) is 106 Å². The van der Waals surface area contributed by atoms with Crippen molar-refractivity contribution >= 4 is 11.9 Å². The molecule has 0 saturated heterocycles. The molecule has 1 amide bonds. The average Bonchev–Trinajstić information content (AvgIpc) is 2.92. The van der Waals surface area contributed by atoms with Gasteiger partial charge in [0.15, 0.2) is 6.10 Å². The molecule has 1 heterocycles. The predicted octanol–water partition coefficient (Wildman–Crippen LogP) is 0.446. The van der Waals surface area contributed by atoms with Crippen LogP contribution in [0.5, 0.6) is 5.75 Å². The Kier molecular flexibility index (Phi) is 5.07. The number of ether oxygens (including phenoxy) is 1. The molecule has 0 saturated carbocycles. The monoisotopic (exact) mass is 304 g/mol. The molecule has 0 radical (unpaired) electrons. The number of benzene rings is 1. The molecule has 2 N–H and O–H groups in total. The molecule has 2 aromatic rings. The van der Waals surface area contributed by atoms with Crippen molar-refractivity contribution in [3.8, 4) is 5.75 Å². The highest BCUT2D eigenvalue weighted by atomic mass is 16.5. The van der Waals surface area contributed by atoms with Crippen LogP contribution in [-0.2, 0) is 22.7 Å². The number of hydrogen-bond acceptors (Lipinski definition) is 5. The second-order valence-corrected chi connectivity index (χ2v) is 4.59. The van der Waals surface area contributed by atoms with E-state index < -0.39 is 12.1 Å². The molecule has 1 unspecified atom stereocenters. The van der Waals surface area contributed by atoms with Gasteiger partial charge in [-0.2, -0.15) is 0 Å². The predicted molar refractivity (Wildman–Crippen MR) is 76.0 cm³/mol. The fourth-order valence-electron chi connectivity index (χ4n) is 1.71. The van der Waals surface area contributed by atoms with E-state index >= 15 is 0 Å². The van der Waals surface area contributed by atoms with Gasteiger partial charge in [-0.1, -0.05) is 23.4 Å². The lowest BCUT2D eigenvalue weighted by atomic mass is 10.3. The number of para-hydroxylation sites is 1. The number of aromatic nitrogens is 3. The molecule has 116 valence electrons. The highest BCUT2D eigenvalue weighted by Crippen LogP contribution is 2.10. The van der Waals surface area contributed by atoms with Crippen LogP contribution in [0.1, 0.15) is 12.6 Å². The lowest BCUT2D eigenvalue weighted by molar-refractivity contribution is -0.138. The van der Waals surface area contributed by atoms with E-state index in [0.717, 1.165) is 0 Å². The van der Waals surface area contributed by atoms with Gasteiger partial charge in [0.25, 0.3) is 5.91 Å². The van der Waals surface area contributed by atoms with Crippen molar-refractivity contribution in [3.05, 3.63) is 42.2 Å². The Hall–Kier alpha value is -2.90. The Labute approximate surface area is 126 Å². The van der Waals surface area contributed by atoms with Gasteiger partial charge in [0.2, 0.25) is 0 Å². The number of carboxylic acids is 1. The number of nitrogens with one attached hydrogen (secondary N) is 1. The van der Waals surface area contributed by atoms with E-state index in [9.17, 15) is 9.59 Å². The average molecular weight is 304 g/mol. The van der Waals surface area contributed by atoms with Gasteiger partial charge < -0.3 is 15.2 Å². The van der Waals surface area contributed by atoms with Crippen LogP contribution < -0.4 is 10.1 Å². The molecule has 8 heteroatoms. The van der Waals surface area contributed by atoms with E-state index in [-0.39, 0.29) is 19.0 Å². The molecule has 0 aliphatic carbocycles. The summed E-state index contributed by atoms with van der Waals surface area (Å²) in [6, 6.07) is 9.03. The van der Waals surface area contributed by atoms with Crippen molar-refractivity contribution in [3.63, 3.8) is 0 Å². The second-order valence-electron chi connectivity index (χ2n) is 4.59. The van der Waals surface area contributed by atoms with Crippen molar-refractivity contribution < 1.29 is 19.4 Å². The van der Waals surface area contributed by atoms with Gasteiger partial charge in [0.05, 0.1) is 12.7 Å². The molecule has 0 aliphatic heterocycles. The van der Waals surface area contributed by atoms with Crippen molar-refractivity contribution in [2.45, 2.75) is 26.1 Å². The summed E-state index contributed by atoms with van der Waals surface area (Å²) in [6.07, 6.45) is 0.813. The molecule has 2 rings (SSSR count). The van der Waals surface area contributed by atoms with Crippen LogP contribution in [0, 0.1) is 0 Å². The second kappa shape index (κ2) is 7.21. The standard InChI is InChI=1S/C14H16N4O4/c1-10(22-12-5-3-2-4-6-12)14(21)15-7-11-8-18(17-16-11)9-13(19)20/h2-6,8,10H,7,9H2,1H3,(H,15,21)(H,19,20). The highest BCUT2D eigenvalue weighted by molar-refractivity contribution is 5.80. The van der Waals surface area contributed by atoms with Crippen LogP contribution in [0.25, 0.3) is 0 Å². The van der Waals surface area contributed by atoms with E-state index in [1.54, 1.807) is 19.1 Å². The van der Waals surface area contributed by atoms with Gasteiger partial charge in [-0.25, -0.2) is 4.68 Å². The summed E-state index contributed by atoms with van der Waals surface area (Å²) < 4.78 is 6.68. The van der Waals surface area contributed by atoms with Crippen LogP contribution in [0.2, 0.25) is 0 Å². The van der Waals surface area contributed by atoms with E-state index in [0.29, 0.717) is 11.4 Å². The van der Waals surface area contributed by atoms with Crippen LogP contribution in [0.4, 0.5) is 0 Å². The molecule has 1 atom stereocenters. The Morgan fingerprint density at radius 1 is 1.36 bits per heavy atom. The minimum atomic E-state index is -1.01. The van der Waals surface area contributed by atoms with Crippen molar-refractivity contribution in [1.82, 2.24) is 20.3 Å². The maximum Gasteiger partial charge on any atom is 0.325 e. The van der Waals surface area contributed by atoms with Gasteiger partial charge in [-0.3, -0.25) is 9.59 Å². The molecule has 1 aromatic carbocycles. The normalized spacial score (nSPS) is 11.7. The van der Waals surface area contributed by atoms with Gasteiger partial charge in [-0.05, 0) is 19.1 Å². The number of carboxylic acid groups (broad SMARTS) is 1. The van der Waals surface area contributed by atoms with Gasteiger partial charge in [0, 0.05) is 0 Å². The summed E-state index contributed by atoms with van der Waals surface area (Å²) in [4.78, 5) is 22.5. The van der Waals surface area contributed by atoms with Crippen LogP contribution in [0.15, 0.2) is 36.5 Å². The fraction of sp³-hybridized carbons (Fsp3) is 0.286. The van der Waals surface area contributed by atoms with Crippen LogP contribution >= 0.6 is 0 Å². The minimum absolute atomic E-state index is 0.154. The summed E-state index contributed by atoms with van der Waals surface area (Å²) >= 11 is 0. The molecule has 1 aromatic heterocycles. The smallest absolute Gasteiger partial charge is 0.325 e. The summed E-state index contributed by atoms with van der Waals surface area (Å²) in [5.41, 5.74) is 0.474. The summed E-state index contributed by atoms with van der Waals surface area (Å²) in [6.45, 7) is 1.53. The lowest BCUT2D eigenvalue weighted by Crippen LogP contribution is -2.36. The summed E-state index contributed by atoms with van der Waals surface area (Å²) in [5.74, 6) is -0.695. The Morgan fingerprint density at radius 3 is 2.77 bits per heavy atom. The molecular weight excluding hydrogens is 288 g/mol. The number of carbonyl (C=O) groups excluding carboxylic acids is 1. The molecule has 0 bridgehead atoms. The summed E-state index contributed by atoms with van der Waals surface area (Å²) in [5, 5.41) is 18.7. The van der Waals surface area contributed by atoms with Gasteiger partial charge in [0.1, 0.15) is 18.0 Å². The SMILES string of the molecule is CC(Oc1ccccc1)C(=O)NCc1cn(CC(=O)O)nn1. The number of rotatable bonds is 7. The molecule has 8 nitrogen and oxygen atoms in total. The minimum Gasteiger partial charge on any atom is -0.481 e. The zero-order chi connectivity index (χ0) is 15.9. The van der Waals surface area contributed by atoms with E-state index in [1.165, 1.54) is 10.9 Å². The largest absolute Gasteiger partial charge is 0.481 e. The first-order valence-electron chi connectivity index (χ1n) is 6.65. The molecular formula is C14H16N4O4. The maximum atomic E-state index is 11.9. The number of hydrogen-bond donors (Lipinski definition) is 2. The third-order valence-electron chi connectivity index (χ3n) is 2.75.